The molecule has 1 aromatic heterocycles. The highest BCUT2D eigenvalue weighted by atomic mass is 35.7. The van der Waals surface area contributed by atoms with Gasteiger partial charge in [-0.2, -0.15) is 0 Å². The molecular formula is C11H10ClNO3S. The molecule has 0 bridgehead atoms. The summed E-state index contributed by atoms with van der Waals surface area (Å²) in [6.45, 7) is 0. The van der Waals surface area contributed by atoms with E-state index < -0.39 is 9.05 Å². The molecule has 4 nitrogen and oxygen atoms in total. The zero-order valence-corrected chi connectivity index (χ0v) is 10.6. The van der Waals surface area contributed by atoms with E-state index >= 15 is 0 Å². The molecule has 0 saturated heterocycles. The third-order valence-corrected chi connectivity index (χ3v) is 3.27. The molecule has 2 aromatic rings. The Hall–Kier alpha value is -1.33. The second-order valence-corrected chi connectivity index (χ2v) is 6.31. The van der Waals surface area contributed by atoms with Crippen molar-refractivity contribution < 1.29 is 13.2 Å². The average Bonchev–Trinajstić information content (AvgIpc) is 2.26. The van der Waals surface area contributed by atoms with E-state index in [0.29, 0.717) is 5.56 Å². The van der Waals surface area contributed by atoms with Gasteiger partial charge >= 0.3 is 0 Å². The Morgan fingerprint density at radius 2 is 2.06 bits per heavy atom. The fourth-order valence-corrected chi connectivity index (χ4v) is 2.54. The van der Waals surface area contributed by atoms with Crippen molar-refractivity contribution in [2.45, 2.75) is 5.75 Å². The lowest BCUT2D eigenvalue weighted by Gasteiger charge is -2.07. The molecule has 0 aliphatic carbocycles. The van der Waals surface area contributed by atoms with Crippen LogP contribution in [0, 0.1) is 0 Å². The summed E-state index contributed by atoms with van der Waals surface area (Å²) in [5.41, 5.74) is 1.21. The van der Waals surface area contributed by atoms with E-state index in [1.54, 1.807) is 6.07 Å². The number of rotatable bonds is 3. The number of hydrogen-bond acceptors (Lipinski definition) is 4. The van der Waals surface area contributed by atoms with Gasteiger partial charge in [0.05, 0.1) is 18.4 Å². The Morgan fingerprint density at radius 3 is 2.71 bits per heavy atom. The molecule has 0 fully saturated rings. The molecule has 0 radical (unpaired) electrons. The number of benzene rings is 1. The third-order valence-electron chi connectivity index (χ3n) is 2.28. The number of hydrogen-bond donors (Lipinski definition) is 0. The van der Waals surface area contributed by atoms with Crippen LogP contribution < -0.4 is 4.74 Å². The van der Waals surface area contributed by atoms with Crippen LogP contribution in [0.3, 0.4) is 0 Å². The highest BCUT2D eigenvalue weighted by Gasteiger charge is 2.14. The maximum absolute atomic E-state index is 11.1. The summed E-state index contributed by atoms with van der Waals surface area (Å²) in [5, 5.41) is 0.851. The predicted molar refractivity (Wildman–Crippen MR) is 66.8 cm³/mol. The topological polar surface area (TPSA) is 56.3 Å². The Kier molecular flexibility index (Phi) is 3.22. The van der Waals surface area contributed by atoms with Crippen LogP contribution >= 0.6 is 10.7 Å². The lowest BCUT2D eigenvalue weighted by molar-refractivity contribution is 0.395. The lowest BCUT2D eigenvalue weighted by atomic mass is 10.2. The average molecular weight is 272 g/mol. The van der Waals surface area contributed by atoms with Gasteiger partial charge in [-0.1, -0.05) is 18.2 Å². The van der Waals surface area contributed by atoms with Crippen LogP contribution in [0.2, 0.25) is 0 Å². The Bertz CT molecular complexity index is 655. The van der Waals surface area contributed by atoms with Crippen molar-refractivity contribution in [3.05, 3.63) is 35.9 Å². The summed E-state index contributed by atoms with van der Waals surface area (Å²) in [7, 11) is 3.06. The monoisotopic (exact) mass is 271 g/mol. The molecule has 0 amide bonds. The minimum Gasteiger partial charge on any atom is -0.481 e. The fraction of sp³-hybridized carbons (Fsp3) is 0.182. The summed E-state index contributed by atoms with van der Waals surface area (Å²) >= 11 is 0. The van der Waals surface area contributed by atoms with Crippen molar-refractivity contribution >= 4 is 30.6 Å². The molecule has 0 N–H and O–H groups in total. The second-order valence-electron chi connectivity index (χ2n) is 3.53. The van der Waals surface area contributed by atoms with Gasteiger partial charge in [-0.05, 0) is 12.1 Å². The van der Waals surface area contributed by atoms with E-state index in [2.05, 4.69) is 4.98 Å². The number of ether oxygens (including phenoxy) is 1. The molecular weight excluding hydrogens is 262 g/mol. The van der Waals surface area contributed by atoms with Crippen LogP contribution in [0.15, 0.2) is 30.3 Å². The first-order valence-corrected chi connectivity index (χ1v) is 7.32. The Morgan fingerprint density at radius 1 is 1.35 bits per heavy atom. The molecule has 17 heavy (non-hydrogen) atoms. The van der Waals surface area contributed by atoms with E-state index in [4.69, 9.17) is 15.4 Å². The van der Waals surface area contributed by atoms with Crippen molar-refractivity contribution in [3.63, 3.8) is 0 Å². The largest absolute Gasteiger partial charge is 0.481 e. The molecule has 1 heterocycles. The summed E-state index contributed by atoms with van der Waals surface area (Å²) < 4.78 is 27.2. The van der Waals surface area contributed by atoms with Crippen LogP contribution in [0.1, 0.15) is 5.56 Å². The van der Waals surface area contributed by atoms with Crippen molar-refractivity contribution in [3.8, 4) is 5.88 Å². The summed E-state index contributed by atoms with van der Waals surface area (Å²) in [5.74, 6) is -0.0110. The molecule has 0 aliphatic rings. The first-order chi connectivity index (χ1) is 7.99. The zero-order chi connectivity index (χ0) is 12.5. The molecule has 1 aromatic carbocycles. The lowest BCUT2D eigenvalue weighted by Crippen LogP contribution is -2.00. The van der Waals surface area contributed by atoms with E-state index in [-0.39, 0.29) is 11.6 Å². The predicted octanol–water partition coefficient (Wildman–Crippen LogP) is 2.31. The molecule has 90 valence electrons. The van der Waals surface area contributed by atoms with Crippen LogP contribution in [-0.2, 0) is 14.8 Å². The third kappa shape index (κ3) is 2.87. The van der Waals surface area contributed by atoms with Gasteiger partial charge in [0, 0.05) is 21.6 Å². The van der Waals surface area contributed by atoms with Gasteiger partial charge in [-0.3, -0.25) is 0 Å². The molecule has 0 spiro atoms. The highest BCUT2D eigenvalue weighted by molar-refractivity contribution is 8.13. The normalized spacial score (nSPS) is 11.6. The van der Waals surface area contributed by atoms with Gasteiger partial charge in [0.25, 0.3) is 0 Å². The first kappa shape index (κ1) is 12.1. The van der Waals surface area contributed by atoms with Gasteiger partial charge < -0.3 is 4.74 Å². The van der Waals surface area contributed by atoms with Crippen molar-refractivity contribution in [1.29, 1.82) is 0 Å². The van der Waals surface area contributed by atoms with Crippen molar-refractivity contribution in [1.82, 2.24) is 4.98 Å². The standard InChI is InChI=1S/C11H10ClNO3S/c1-16-11-9(7-17(12,14)15)6-8-4-2-3-5-10(8)13-11/h2-6H,7H2,1H3. The van der Waals surface area contributed by atoms with Gasteiger partial charge in [0.1, 0.15) is 0 Å². The molecule has 0 unspecified atom stereocenters. The Labute approximate surface area is 104 Å². The zero-order valence-electron chi connectivity index (χ0n) is 9.05. The number of fused-ring (bicyclic) bond motifs is 1. The minimum atomic E-state index is -3.63. The fourth-order valence-electron chi connectivity index (χ4n) is 1.61. The Balaban J connectivity index is 2.61. The van der Waals surface area contributed by atoms with Crippen molar-refractivity contribution in [2.75, 3.05) is 7.11 Å². The van der Waals surface area contributed by atoms with Crippen LogP contribution in [0.5, 0.6) is 5.88 Å². The van der Waals surface area contributed by atoms with E-state index in [9.17, 15) is 8.42 Å². The van der Waals surface area contributed by atoms with Crippen LogP contribution in [0.4, 0.5) is 0 Å². The smallest absolute Gasteiger partial charge is 0.236 e. The molecule has 6 heteroatoms. The van der Waals surface area contributed by atoms with Gasteiger partial charge in [-0.25, -0.2) is 13.4 Å². The summed E-state index contributed by atoms with van der Waals surface area (Å²) in [6.07, 6.45) is 0. The van der Waals surface area contributed by atoms with Gasteiger partial charge in [0.15, 0.2) is 0 Å². The number of methoxy groups -OCH3 is 1. The highest BCUT2D eigenvalue weighted by Crippen LogP contribution is 2.24. The first-order valence-electron chi connectivity index (χ1n) is 4.84. The number of halogens is 1. The molecule has 0 aliphatic heterocycles. The number of nitrogens with zero attached hydrogens (tertiary/aromatic N) is 1. The molecule has 2 rings (SSSR count). The number of para-hydroxylation sites is 1. The summed E-state index contributed by atoms with van der Waals surface area (Å²) in [6, 6.07) is 9.12. The van der Waals surface area contributed by atoms with Crippen LogP contribution in [0.25, 0.3) is 10.9 Å². The van der Waals surface area contributed by atoms with Gasteiger partial charge in [0.2, 0.25) is 14.9 Å². The molecule has 0 atom stereocenters. The summed E-state index contributed by atoms with van der Waals surface area (Å²) in [4.78, 5) is 4.23. The quantitative estimate of drug-likeness (QED) is 0.804. The van der Waals surface area contributed by atoms with E-state index in [1.807, 2.05) is 24.3 Å². The van der Waals surface area contributed by atoms with Crippen molar-refractivity contribution in [2.24, 2.45) is 0 Å². The maximum atomic E-state index is 11.1. The van der Waals surface area contributed by atoms with E-state index in [1.165, 1.54) is 7.11 Å². The minimum absolute atomic E-state index is 0.285. The van der Waals surface area contributed by atoms with Gasteiger partial charge in [-0.15, -0.1) is 0 Å². The second kappa shape index (κ2) is 4.50. The number of pyridine rings is 1. The van der Waals surface area contributed by atoms with Crippen LogP contribution in [-0.4, -0.2) is 20.5 Å². The van der Waals surface area contributed by atoms with E-state index in [0.717, 1.165) is 10.9 Å². The number of aromatic nitrogens is 1. The SMILES string of the molecule is COc1nc2ccccc2cc1CS(=O)(=O)Cl. The molecule has 0 saturated carbocycles. The maximum Gasteiger partial charge on any atom is 0.236 e.